The Morgan fingerprint density at radius 3 is 2.50 bits per heavy atom. The number of amides is 1. The van der Waals surface area contributed by atoms with Gasteiger partial charge in [0.1, 0.15) is 5.71 Å². The molecule has 0 saturated heterocycles. The van der Waals surface area contributed by atoms with Crippen LogP contribution in [0.3, 0.4) is 0 Å². The number of aliphatic imine (C=N–C) groups is 1. The molecule has 1 amide bonds. The molecule has 1 aliphatic rings. The lowest BCUT2D eigenvalue weighted by Gasteiger charge is -2.14. The first kappa shape index (κ1) is 15.0. The fourth-order valence-electron chi connectivity index (χ4n) is 3.32. The largest absolute Gasteiger partial charge is 0.282 e. The molecule has 0 saturated carbocycles. The molecule has 4 heteroatoms. The van der Waals surface area contributed by atoms with Gasteiger partial charge in [0.15, 0.2) is 0 Å². The minimum Gasteiger partial charge on any atom is -0.274 e. The lowest BCUT2D eigenvalue weighted by atomic mass is 10.1. The Balaban J connectivity index is 1.66. The zero-order valence-electron chi connectivity index (χ0n) is 13.8. The van der Waals surface area contributed by atoms with Crippen molar-refractivity contribution in [1.82, 2.24) is 0 Å². The first-order chi connectivity index (χ1) is 12.8. The summed E-state index contributed by atoms with van der Waals surface area (Å²) in [5.41, 5.74) is 3.92. The molecule has 124 valence electrons. The molecule has 0 fully saturated rings. The van der Waals surface area contributed by atoms with Gasteiger partial charge < -0.3 is 0 Å². The minimum absolute atomic E-state index is 0.0854. The van der Waals surface area contributed by atoms with Crippen molar-refractivity contribution in [3.8, 4) is 0 Å². The second kappa shape index (κ2) is 5.93. The first-order valence-electron chi connectivity index (χ1n) is 8.35. The van der Waals surface area contributed by atoms with Crippen LogP contribution < -0.4 is 4.90 Å². The van der Waals surface area contributed by atoms with Crippen LogP contribution in [0, 0.1) is 0 Å². The van der Waals surface area contributed by atoms with Crippen molar-refractivity contribution in [1.29, 1.82) is 0 Å². The summed E-state index contributed by atoms with van der Waals surface area (Å²) in [5.74, 6) is -0.0854. The molecule has 2 heterocycles. The van der Waals surface area contributed by atoms with Crippen LogP contribution in [0.5, 0.6) is 0 Å². The summed E-state index contributed by atoms with van der Waals surface area (Å²) in [5, 5.41) is 6.23. The molecule has 0 atom stereocenters. The maximum Gasteiger partial charge on any atom is 0.282 e. The molecule has 0 aliphatic carbocycles. The van der Waals surface area contributed by atoms with Crippen molar-refractivity contribution in [3.05, 3.63) is 89.1 Å². The number of para-hydroxylation sites is 1. The van der Waals surface area contributed by atoms with Crippen molar-refractivity contribution in [3.63, 3.8) is 0 Å². The third kappa shape index (κ3) is 2.35. The molecule has 3 nitrogen and oxygen atoms in total. The van der Waals surface area contributed by atoms with E-state index in [9.17, 15) is 4.79 Å². The summed E-state index contributed by atoms with van der Waals surface area (Å²) in [6.45, 7) is 0. The van der Waals surface area contributed by atoms with E-state index in [-0.39, 0.29) is 5.91 Å². The van der Waals surface area contributed by atoms with Gasteiger partial charge in [0.05, 0.1) is 17.1 Å². The van der Waals surface area contributed by atoms with Gasteiger partial charge in [-0.15, -0.1) is 0 Å². The Morgan fingerprint density at radius 2 is 1.65 bits per heavy atom. The van der Waals surface area contributed by atoms with E-state index in [1.54, 1.807) is 16.2 Å². The molecule has 4 aromatic rings. The average molecular weight is 354 g/mol. The molecule has 5 rings (SSSR count). The summed E-state index contributed by atoms with van der Waals surface area (Å²) in [6.07, 6.45) is 0. The van der Waals surface area contributed by atoms with Crippen LogP contribution in [0.1, 0.15) is 5.56 Å². The van der Waals surface area contributed by atoms with Crippen molar-refractivity contribution in [2.45, 2.75) is 0 Å². The molecule has 1 aromatic heterocycles. The molecule has 0 N–H and O–H groups in total. The van der Waals surface area contributed by atoms with E-state index in [4.69, 9.17) is 4.99 Å². The smallest absolute Gasteiger partial charge is 0.274 e. The van der Waals surface area contributed by atoms with Gasteiger partial charge in [-0.1, -0.05) is 48.5 Å². The maximum absolute atomic E-state index is 13.1. The maximum atomic E-state index is 13.1. The number of hydrogen-bond acceptors (Lipinski definition) is 3. The van der Waals surface area contributed by atoms with Gasteiger partial charge >= 0.3 is 0 Å². The number of carbonyl (C=O) groups excluding carboxylic acids is 1. The van der Waals surface area contributed by atoms with Gasteiger partial charge in [0.25, 0.3) is 5.91 Å². The van der Waals surface area contributed by atoms with Gasteiger partial charge in [0, 0.05) is 10.9 Å². The van der Waals surface area contributed by atoms with Crippen molar-refractivity contribution < 1.29 is 4.79 Å². The molecule has 0 bridgehead atoms. The van der Waals surface area contributed by atoms with Crippen LogP contribution in [0.25, 0.3) is 10.8 Å². The second-order valence-electron chi connectivity index (χ2n) is 6.13. The molecule has 0 spiro atoms. The molecular weight excluding hydrogens is 340 g/mol. The summed E-state index contributed by atoms with van der Waals surface area (Å²) < 4.78 is 0. The van der Waals surface area contributed by atoms with Crippen LogP contribution in [0.15, 0.2) is 88.5 Å². The monoisotopic (exact) mass is 354 g/mol. The Hall–Kier alpha value is -3.24. The third-order valence-corrected chi connectivity index (χ3v) is 5.21. The van der Waals surface area contributed by atoms with Crippen molar-refractivity contribution in [2.24, 2.45) is 4.99 Å². The van der Waals surface area contributed by atoms with Crippen LogP contribution in [0.2, 0.25) is 0 Å². The number of thiophene rings is 1. The SMILES string of the molecule is O=C1C(=Nc2ccc3ccccc3c2)c2ccccc2N1c1ccsc1. The van der Waals surface area contributed by atoms with E-state index in [0.29, 0.717) is 5.71 Å². The van der Waals surface area contributed by atoms with E-state index in [2.05, 4.69) is 12.1 Å². The van der Waals surface area contributed by atoms with Gasteiger partial charge in [0.2, 0.25) is 0 Å². The average Bonchev–Trinajstić information content (AvgIpc) is 3.29. The van der Waals surface area contributed by atoms with Gasteiger partial charge in [-0.05, 0) is 40.4 Å². The number of carbonyl (C=O) groups is 1. The molecule has 26 heavy (non-hydrogen) atoms. The second-order valence-corrected chi connectivity index (χ2v) is 6.91. The Morgan fingerprint density at radius 1 is 0.846 bits per heavy atom. The normalized spacial score (nSPS) is 15.0. The van der Waals surface area contributed by atoms with Gasteiger partial charge in [-0.25, -0.2) is 4.99 Å². The standard InChI is InChI=1S/C22H14N2OS/c25-22-21(23-17-10-9-15-5-1-2-6-16(15)13-17)19-7-3-4-8-20(19)24(22)18-11-12-26-14-18/h1-14H. The van der Waals surface area contributed by atoms with E-state index in [1.807, 2.05) is 71.4 Å². The fraction of sp³-hybridized carbons (Fsp3) is 0. The van der Waals surface area contributed by atoms with Crippen LogP contribution in [0.4, 0.5) is 17.1 Å². The topological polar surface area (TPSA) is 32.7 Å². The zero-order chi connectivity index (χ0) is 17.5. The summed E-state index contributed by atoms with van der Waals surface area (Å²) in [7, 11) is 0. The molecule has 0 radical (unpaired) electrons. The quantitative estimate of drug-likeness (QED) is 0.454. The number of nitrogens with zero attached hydrogens (tertiary/aromatic N) is 2. The highest BCUT2D eigenvalue weighted by Gasteiger charge is 2.34. The lowest BCUT2D eigenvalue weighted by Crippen LogP contribution is -2.24. The molecular formula is C22H14N2OS. The summed E-state index contributed by atoms with van der Waals surface area (Å²) in [6, 6.07) is 23.9. The van der Waals surface area contributed by atoms with E-state index in [1.165, 1.54) is 0 Å². The minimum atomic E-state index is -0.0854. The van der Waals surface area contributed by atoms with Gasteiger partial charge in [-0.2, -0.15) is 11.3 Å². The van der Waals surface area contributed by atoms with Crippen LogP contribution in [-0.2, 0) is 4.79 Å². The van der Waals surface area contributed by atoms with Crippen molar-refractivity contribution >= 4 is 50.8 Å². The van der Waals surface area contributed by atoms with E-state index < -0.39 is 0 Å². The number of benzene rings is 3. The van der Waals surface area contributed by atoms with E-state index >= 15 is 0 Å². The number of anilines is 2. The number of hydrogen-bond donors (Lipinski definition) is 0. The summed E-state index contributed by atoms with van der Waals surface area (Å²) in [4.78, 5) is 19.6. The van der Waals surface area contributed by atoms with Crippen LogP contribution >= 0.6 is 11.3 Å². The van der Waals surface area contributed by atoms with Crippen LogP contribution in [-0.4, -0.2) is 11.6 Å². The predicted octanol–water partition coefficient (Wildman–Crippen LogP) is 5.70. The fourth-order valence-corrected chi connectivity index (χ4v) is 3.94. The molecule has 1 aliphatic heterocycles. The Kier molecular flexibility index (Phi) is 3.43. The lowest BCUT2D eigenvalue weighted by molar-refractivity contribution is -0.111. The Labute approximate surface area is 154 Å². The predicted molar refractivity (Wildman–Crippen MR) is 108 cm³/mol. The molecule has 0 unspecified atom stereocenters. The number of fused-ring (bicyclic) bond motifs is 2. The highest BCUT2D eigenvalue weighted by molar-refractivity contribution is 7.08. The first-order valence-corrected chi connectivity index (χ1v) is 9.29. The van der Waals surface area contributed by atoms with Gasteiger partial charge in [-0.3, -0.25) is 9.69 Å². The number of rotatable bonds is 2. The highest BCUT2D eigenvalue weighted by Crippen LogP contribution is 2.37. The van der Waals surface area contributed by atoms with Crippen molar-refractivity contribution in [2.75, 3.05) is 4.90 Å². The molecule has 3 aromatic carbocycles. The Bertz CT molecular complexity index is 1160. The van der Waals surface area contributed by atoms with E-state index in [0.717, 1.165) is 33.4 Å². The third-order valence-electron chi connectivity index (χ3n) is 4.54. The zero-order valence-corrected chi connectivity index (χ0v) is 14.6. The summed E-state index contributed by atoms with van der Waals surface area (Å²) >= 11 is 1.58. The highest BCUT2D eigenvalue weighted by atomic mass is 32.1.